The van der Waals surface area contributed by atoms with E-state index in [2.05, 4.69) is 0 Å². The molecule has 0 fully saturated rings. The molecule has 4 nitrogen and oxygen atoms in total. The summed E-state index contributed by atoms with van der Waals surface area (Å²) in [6.07, 6.45) is 1.62. The zero-order valence-corrected chi connectivity index (χ0v) is 36.3. The molecule has 10 rings (SSSR count). The number of nitrogens with zero attached hydrogens (tertiary/aromatic N) is 4. The van der Waals surface area contributed by atoms with E-state index in [0.717, 1.165) is 11.1 Å². The standard InChI is InChI=1S/C59H56N4/c1-57(2,3)42-32-33-60-55(38-42)63-51-27-16-15-24-49(51)50-31-30-43(37-54(50)63)59(7,8)45-34-44(58(4,5)6)35-46(36-45)61-39-62(53-29-18-17-28-52(53)61)56-47(40-20-11-9-12-21-40)25-19-26-48(56)41-22-13-10-14-23-41/h9-38H,39H2,1-8H3/i9D,10D,11D,12D,13D,14D,15D,16D,17D,18D,20D,21D,22D,23D,24D,27D,28D,29D,30D,31D. The number of para-hydroxylation sites is 4. The van der Waals surface area contributed by atoms with Crippen LogP contribution >= 0.6 is 0 Å². The van der Waals surface area contributed by atoms with Gasteiger partial charge in [0.15, 0.2) is 0 Å². The van der Waals surface area contributed by atoms with Crippen LogP contribution in [0.25, 0.3) is 49.9 Å². The van der Waals surface area contributed by atoms with E-state index in [-0.39, 0.29) is 91.9 Å². The Morgan fingerprint density at radius 1 is 0.492 bits per heavy atom. The lowest BCUT2D eigenvalue weighted by molar-refractivity contribution is 0.582. The van der Waals surface area contributed by atoms with E-state index >= 15 is 0 Å². The maximum Gasteiger partial charge on any atom is 0.137 e. The highest BCUT2D eigenvalue weighted by atomic mass is 15.4. The molecule has 2 aromatic heterocycles. The molecular formula is C59H56N4. The van der Waals surface area contributed by atoms with E-state index < -0.39 is 108 Å². The summed E-state index contributed by atoms with van der Waals surface area (Å²) in [5.41, 5.74) is -0.117. The number of pyridine rings is 1. The van der Waals surface area contributed by atoms with Crippen LogP contribution in [-0.2, 0) is 16.2 Å². The van der Waals surface area contributed by atoms with Crippen molar-refractivity contribution in [3.05, 3.63) is 204 Å². The normalized spacial score (nSPS) is 17.7. The predicted octanol–water partition coefficient (Wildman–Crippen LogP) is 15.7. The average Bonchev–Trinajstić information content (AvgIpc) is 2.73. The van der Waals surface area contributed by atoms with Crippen molar-refractivity contribution >= 4 is 44.6 Å². The van der Waals surface area contributed by atoms with Gasteiger partial charge in [-0.25, -0.2) is 4.98 Å². The van der Waals surface area contributed by atoms with Crippen LogP contribution in [0.4, 0.5) is 22.7 Å². The first-order valence-corrected chi connectivity index (χ1v) is 20.7. The maximum atomic E-state index is 9.81. The van der Waals surface area contributed by atoms with Gasteiger partial charge in [-0.3, -0.25) is 4.57 Å². The van der Waals surface area contributed by atoms with Crippen molar-refractivity contribution in [3.8, 4) is 28.1 Å². The summed E-state index contributed by atoms with van der Waals surface area (Å²) in [6.45, 7) is 15.3. The number of hydrogen-bond donors (Lipinski definition) is 0. The Kier molecular flexibility index (Phi) is 5.66. The number of anilines is 4. The summed E-state index contributed by atoms with van der Waals surface area (Å²) in [7, 11) is 0. The highest BCUT2D eigenvalue weighted by Gasteiger charge is 2.34. The molecule has 0 saturated heterocycles. The Balaban J connectivity index is 1.27. The molecular weight excluding hydrogens is 765 g/mol. The summed E-state index contributed by atoms with van der Waals surface area (Å²) in [4.78, 5) is 7.80. The Morgan fingerprint density at radius 2 is 1.06 bits per heavy atom. The van der Waals surface area contributed by atoms with Crippen LogP contribution in [-0.4, -0.2) is 16.2 Å². The van der Waals surface area contributed by atoms with Crippen LogP contribution in [0.5, 0.6) is 0 Å². The largest absolute Gasteiger partial charge is 0.321 e. The number of aromatic nitrogens is 2. The SMILES string of the molecule is [2H]c1c([2H])c([2H])c(-c2cccc(-c3c([2H])c([2H])c([2H])c([2H])c3[2H])c2N2CN(c3cc(C(C)(C)C)cc(C(C)(C)c4cc5c(c([2H])c4[2H])c4c([2H])c([2H])c([2H])c([2H])c4n5-c4cc(C(C)(C)C)ccn4)c3)c3c([2H])c([2H])c([2H])c([2H])c32)c([2H])c1[2H]. The van der Waals surface area contributed by atoms with Crippen LogP contribution in [0.15, 0.2) is 182 Å². The number of rotatable bonds is 7. The second-order valence-corrected chi connectivity index (χ2v) is 18.3. The van der Waals surface area contributed by atoms with Gasteiger partial charge in [-0.2, -0.15) is 0 Å². The van der Waals surface area contributed by atoms with Crippen molar-refractivity contribution in [1.29, 1.82) is 0 Å². The minimum Gasteiger partial charge on any atom is -0.321 e. The molecule has 0 bridgehead atoms. The van der Waals surface area contributed by atoms with Gasteiger partial charge in [0.05, 0.1) is 55.5 Å². The van der Waals surface area contributed by atoms with E-state index in [4.69, 9.17) is 25.5 Å². The highest BCUT2D eigenvalue weighted by molar-refractivity contribution is 6.09. The van der Waals surface area contributed by atoms with Crippen LogP contribution in [0, 0.1) is 0 Å². The van der Waals surface area contributed by atoms with Gasteiger partial charge in [0, 0.05) is 39.2 Å². The average molecular weight is 841 g/mol. The first-order chi connectivity index (χ1) is 38.6. The van der Waals surface area contributed by atoms with E-state index in [1.807, 2.05) is 79.7 Å². The fourth-order valence-corrected chi connectivity index (χ4v) is 8.25. The third-order valence-corrected chi connectivity index (χ3v) is 11.9. The molecule has 0 atom stereocenters. The van der Waals surface area contributed by atoms with Crippen LogP contribution in [0.1, 0.15) is 105 Å². The number of benzene rings is 7. The highest BCUT2D eigenvalue weighted by Crippen LogP contribution is 2.51. The molecule has 312 valence electrons. The Bertz CT molecular complexity index is 4180. The lowest BCUT2D eigenvalue weighted by Gasteiger charge is -2.32. The fraction of sp³-hybridized carbons (Fsp3) is 0.203. The zero-order chi connectivity index (χ0) is 61.1. The van der Waals surface area contributed by atoms with Crippen LogP contribution in [0.3, 0.4) is 0 Å². The van der Waals surface area contributed by atoms with Crippen molar-refractivity contribution in [1.82, 2.24) is 9.55 Å². The number of fused-ring (bicyclic) bond motifs is 4. The van der Waals surface area contributed by atoms with Crippen LogP contribution < -0.4 is 9.80 Å². The molecule has 4 heteroatoms. The zero-order valence-electron chi connectivity index (χ0n) is 56.3. The second-order valence-electron chi connectivity index (χ2n) is 18.3. The molecule has 0 N–H and O–H groups in total. The Labute approximate surface area is 401 Å². The van der Waals surface area contributed by atoms with Gasteiger partial charge in [-0.05, 0) is 92.7 Å². The van der Waals surface area contributed by atoms with Crippen molar-refractivity contribution in [2.75, 3.05) is 16.5 Å². The topological polar surface area (TPSA) is 24.3 Å². The molecule has 63 heavy (non-hydrogen) atoms. The molecule has 0 saturated carbocycles. The molecule has 0 unspecified atom stereocenters. The lowest BCUT2D eigenvalue weighted by Crippen LogP contribution is -2.27. The molecule has 1 aliphatic heterocycles. The molecule has 0 spiro atoms. The van der Waals surface area contributed by atoms with Crippen molar-refractivity contribution in [2.24, 2.45) is 0 Å². The summed E-state index contributed by atoms with van der Waals surface area (Å²) in [5.74, 6) is 0.324. The van der Waals surface area contributed by atoms with E-state index in [9.17, 15) is 6.85 Å². The summed E-state index contributed by atoms with van der Waals surface area (Å²) < 4.78 is 183. The third-order valence-electron chi connectivity index (χ3n) is 11.9. The van der Waals surface area contributed by atoms with Crippen molar-refractivity contribution in [3.63, 3.8) is 0 Å². The summed E-state index contributed by atoms with van der Waals surface area (Å²) in [6, 6.07) is 4.13. The second kappa shape index (κ2) is 15.2. The van der Waals surface area contributed by atoms with Gasteiger partial charge in [0.2, 0.25) is 0 Å². The first-order valence-electron chi connectivity index (χ1n) is 30.7. The van der Waals surface area contributed by atoms with Gasteiger partial charge in [0.1, 0.15) is 12.5 Å². The van der Waals surface area contributed by atoms with E-state index in [1.165, 1.54) is 23.1 Å². The van der Waals surface area contributed by atoms with Gasteiger partial charge < -0.3 is 9.80 Å². The molecule has 0 amide bonds. The van der Waals surface area contributed by atoms with Crippen molar-refractivity contribution in [2.45, 2.75) is 71.6 Å². The third kappa shape index (κ3) is 7.08. The first kappa shape index (κ1) is 23.5. The minimum atomic E-state index is -1.23. The Hall–Kier alpha value is -6.91. The van der Waals surface area contributed by atoms with E-state index in [0.29, 0.717) is 28.1 Å². The Morgan fingerprint density at radius 3 is 1.71 bits per heavy atom. The van der Waals surface area contributed by atoms with Gasteiger partial charge in [-0.1, -0.05) is 182 Å². The van der Waals surface area contributed by atoms with Gasteiger partial charge >= 0.3 is 0 Å². The fourth-order valence-electron chi connectivity index (χ4n) is 8.25. The molecule has 7 aromatic carbocycles. The van der Waals surface area contributed by atoms with Gasteiger partial charge in [0.25, 0.3) is 0 Å². The number of hydrogen-bond acceptors (Lipinski definition) is 3. The summed E-state index contributed by atoms with van der Waals surface area (Å²) >= 11 is 0. The smallest absolute Gasteiger partial charge is 0.137 e. The van der Waals surface area contributed by atoms with Crippen LogP contribution in [0.2, 0.25) is 0 Å². The van der Waals surface area contributed by atoms with E-state index in [1.54, 1.807) is 27.8 Å². The van der Waals surface area contributed by atoms with Crippen molar-refractivity contribution < 1.29 is 27.4 Å². The van der Waals surface area contributed by atoms with Gasteiger partial charge in [-0.15, -0.1) is 0 Å². The molecule has 0 aliphatic carbocycles. The minimum absolute atomic E-state index is 0.0542. The summed E-state index contributed by atoms with van der Waals surface area (Å²) in [5, 5.41) is 0.178. The molecule has 0 radical (unpaired) electrons. The molecule has 3 heterocycles. The molecule has 1 aliphatic rings. The molecule has 9 aromatic rings. The monoisotopic (exact) mass is 841 g/mol. The maximum absolute atomic E-state index is 9.81. The quantitative estimate of drug-likeness (QED) is 0.160. The predicted molar refractivity (Wildman–Crippen MR) is 267 cm³/mol. The lowest BCUT2D eigenvalue weighted by atomic mass is 9.75.